The van der Waals surface area contributed by atoms with Crippen molar-refractivity contribution in [1.82, 2.24) is 9.80 Å². The number of ether oxygens (including phenoxy) is 1. The lowest BCUT2D eigenvalue weighted by Gasteiger charge is -2.28. The summed E-state index contributed by atoms with van der Waals surface area (Å²) in [7, 11) is 3.83. The number of benzene rings is 2. The highest BCUT2D eigenvalue weighted by atomic mass is 16.5. The molecule has 1 aliphatic heterocycles. The summed E-state index contributed by atoms with van der Waals surface area (Å²) in [5.74, 6) is -0.671. The molecule has 0 bridgehead atoms. The minimum atomic E-state index is -0.657. The van der Waals surface area contributed by atoms with E-state index in [9.17, 15) is 14.7 Å². The fourth-order valence-corrected chi connectivity index (χ4v) is 3.58. The number of hydrogen-bond donors (Lipinski definition) is 1. The SMILES string of the molecule is CCCOc1ccc(C2C(C(=O)C=Cc3ccccc3)=C(O)C(=O)N2CCN(C)C)cc1. The molecule has 1 unspecified atom stereocenters. The van der Waals surface area contributed by atoms with Gasteiger partial charge in [-0.25, -0.2) is 0 Å². The van der Waals surface area contributed by atoms with Crippen molar-refractivity contribution in [1.29, 1.82) is 0 Å². The Morgan fingerprint density at radius 3 is 2.44 bits per heavy atom. The molecule has 0 fully saturated rings. The summed E-state index contributed by atoms with van der Waals surface area (Å²) >= 11 is 0. The molecule has 32 heavy (non-hydrogen) atoms. The molecule has 0 saturated carbocycles. The molecule has 0 aromatic heterocycles. The average Bonchev–Trinajstić information content (AvgIpc) is 3.05. The Hall–Kier alpha value is -3.38. The van der Waals surface area contributed by atoms with E-state index < -0.39 is 17.7 Å². The van der Waals surface area contributed by atoms with Gasteiger partial charge in [-0.15, -0.1) is 0 Å². The summed E-state index contributed by atoms with van der Waals surface area (Å²) in [6.45, 7) is 3.64. The molecule has 2 aromatic rings. The third-order valence-corrected chi connectivity index (χ3v) is 5.25. The van der Waals surface area contributed by atoms with Gasteiger partial charge in [0, 0.05) is 13.1 Å². The van der Waals surface area contributed by atoms with Crippen LogP contribution in [0.15, 0.2) is 72.0 Å². The second-order valence-corrected chi connectivity index (χ2v) is 7.99. The predicted molar refractivity (Wildman–Crippen MR) is 125 cm³/mol. The van der Waals surface area contributed by atoms with Crippen LogP contribution in [0.25, 0.3) is 6.08 Å². The van der Waals surface area contributed by atoms with E-state index in [2.05, 4.69) is 0 Å². The molecular formula is C26H30N2O4. The zero-order chi connectivity index (χ0) is 23.1. The zero-order valence-electron chi connectivity index (χ0n) is 18.8. The highest BCUT2D eigenvalue weighted by Gasteiger charge is 2.42. The number of aliphatic hydroxyl groups excluding tert-OH is 1. The Morgan fingerprint density at radius 1 is 1.12 bits per heavy atom. The van der Waals surface area contributed by atoms with Gasteiger partial charge in [0.15, 0.2) is 11.5 Å². The van der Waals surface area contributed by atoms with Crippen molar-refractivity contribution >= 4 is 17.8 Å². The standard InChI is InChI=1S/C26H30N2O4/c1-4-18-32-21-13-11-20(12-14-21)24-23(22(29)15-10-19-8-6-5-7-9-19)25(30)26(31)28(24)17-16-27(2)3/h5-15,24,30H,4,16-18H2,1-3H3. The van der Waals surface area contributed by atoms with Crippen molar-refractivity contribution in [2.75, 3.05) is 33.8 Å². The van der Waals surface area contributed by atoms with Gasteiger partial charge in [-0.1, -0.05) is 55.5 Å². The normalized spacial score (nSPS) is 16.4. The highest BCUT2D eigenvalue weighted by molar-refractivity contribution is 6.14. The van der Waals surface area contributed by atoms with Crippen LogP contribution in [0.4, 0.5) is 0 Å². The molecule has 168 valence electrons. The second kappa shape index (κ2) is 10.8. The van der Waals surface area contributed by atoms with Crippen LogP contribution in [0.1, 0.15) is 30.5 Å². The minimum Gasteiger partial charge on any atom is -0.503 e. The largest absolute Gasteiger partial charge is 0.503 e. The first-order valence-corrected chi connectivity index (χ1v) is 10.8. The smallest absolute Gasteiger partial charge is 0.290 e. The fourth-order valence-electron chi connectivity index (χ4n) is 3.58. The number of allylic oxidation sites excluding steroid dienone is 1. The average molecular weight is 435 g/mol. The van der Waals surface area contributed by atoms with Crippen LogP contribution < -0.4 is 4.74 Å². The van der Waals surface area contributed by atoms with Gasteiger partial charge in [-0.2, -0.15) is 0 Å². The minimum absolute atomic E-state index is 0.100. The molecule has 2 aromatic carbocycles. The zero-order valence-corrected chi connectivity index (χ0v) is 18.8. The van der Waals surface area contributed by atoms with Crippen LogP contribution in [0.5, 0.6) is 5.75 Å². The van der Waals surface area contributed by atoms with Crippen LogP contribution in [0.3, 0.4) is 0 Å². The van der Waals surface area contributed by atoms with Crippen molar-refractivity contribution in [3.8, 4) is 5.75 Å². The number of carbonyl (C=O) groups excluding carboxylic acids is 2. The van der Waals surface area contributed by atoms with E-state index in [1.807, 2.05) is 80.5 Å². The van der Waals surface area contributed by atoms with Gasteiger partial charge in [0.25, 0.3) is 5.91 Å². The fraction of sp³-hybridized carbons (Fsp3) is 0.308. The van der Waals surface area contributed by atoms with Gasteiger partial charge in [-0.3, -0.25) is 9.59 Å². The lowest BCUT2D eigenvalue weighted by Crippen LogP contribution is -2.36. The van der Waals surface area contributed by atoms with Crippen LogP contribution in [-0.2, 0) is 9.59 Å². The van der Waals surface area contributed by atoms with Crippen LogP contribution in [-0.4, -0.2) is 60.4 Å². The molecule has 1 aliphatic rings. The maximum absolute atomic E-state index is 13.1. The van der Waals surface area contributed by atoms with Crippen molar-refractivity contribution in [2.45, 2.75) is 19.4 Å². The molecule has 1 N–H and O–H groups in total. The molecule has 0 saturated heterocycles. The van der Waals surface area contributed by atoms with E-state index >= 15 is 0 Å². The lowest BCUT2D eigenvalue weighted by atomic mass is 9.95. The topological polar surface area (TPSA) is 70.1 Å². The number of nitrogens with zero attached hydrogens (tertiary/aromatic N) is 2. The lowest BCUT2D eigenvalue weighted by molar-refractivity contribution is -0.129. The van der Waals surface area contributed by atoms with Crippen molar-refractivity contribution in [3.05, 3.63) is 83.1 Å². The van der Waals surface area contributed by atoms with E-state index in [-0.39, 0.29) is 11.4 Å². The molecule has 3 rings (SSSR count). The summed E-state index contributed by atoms with van der Waals surface area (Å²) in [6.07, 6.45) is 4.00. The third-order valence-electron chi connectivity index (χ3n) is 5.25. The molecule has 6 heteroatoms. The van der Waals surface area contributed by atoms with Gasteiger partial charge >= 0.3 is 0 Å². The van der Waals surface area contributed by atoms with E-state index in [1.165, 1.54) is 6.08 Å². The molecule has 0 radical (unpaired) electrons. The summed E-state index contributed by atoms with van der Waals surface area (Å²) in [4.78, 5) is 29.5. The number of hydrogen-bond acceptors (Lipinski definition) is 5. The first-order valence-electron chi connectivity index (χ1n) is 10.8. The van der Waals surface area contributed by atoms with E-state index in [0.29, 0.717) is 19.7 Å². The number of aliphatic hydroxyl groups is 1. The second-order valence-electron chi connectivity index (χ2n) is 7.99. The van der Waals surface area contributed by atoms with E-state index in [1.54, 1.807) is 11.0 Å². The Morgan fingerprint density at radius 2 is 1.81 bits per heavy atom. The van der Waals surface area contributed by atoms with Gasteiger partial charge in [0.2, 0.25) is 0 Å². The monoisotopic (exact) mass is 434 g/mol. The number of ketones is 1. The van der Waals surface area contributed by atoms with E-state index in [0.717, 1.165) is 23.3 Å². The molecule has 1 amide bonds. The van der Waals surface area contributed by atoms with Crippen LogP contribution >= 0.6 is 0 Å². The van der Waals surface area contributed by atoms with Gasteiger partial charge < -0.3 is 19.6 Å². The summed E-state index contributed by atoms with van der Waals surface area (Å²) in [5, 5.41) is 10.7. The van der Waals surface area contributed by atoms with Crippen molar-refractivity contribution < 1.29 is 19.4 Å². The van der Waals surface area contributed by atoms with Crippen LogP contribution in [0, 0.1) is 0 Å². The predicted octanol–water partition coefficient (Wildman–Crippen LogP) is 4.01. The molecule has 6 nitrogen and oxygen atoms in total. The molecule has 1 atom stereocenters. The van der Waals surface area contributed by atoms with Gasteiger partial charge in [0.05, 0.1) is 18.2 Å². The van der Waals surface area contributed by atoms with Gasteiger partial charge in [-0.05, 0) is 49.9 Å². The molecular weight excluding hydrogens is 404 g/mol. The number of rotatable bonds is 10. The van der Waals surface area contributed by atoms with Gasteiger partial charge in [0.1, 0.15) is 5.75 Å². The number of likely N-dealkylation sites (N-methyl/N-ethyl adjacent to an activating group) is 1. The molecule has 0 spiro atoms. The summed E-state index contributed by atoms with van der Waals surface area (Å²) in [5.41, 5.74) is 1.72. The first kappa shape index (κ1) is 23.3. The Kier molecular flexibility index (Phi) is 7.84. The Labute approximate surface area is 189 Å². The van der Waals surface area contributed by atoms with Crippen molar-refractivity contribution in [3.63, 3.8) is 0 Å². The first-order chi connectivity index (χ1) is 15.4. The quantitative estimate of drug-likeness (QED) is 0.572. The summed E-state index contributed by atoms with van der Waals surface area (Å²) < 4.78 is 5.66. The maximum Gasteiger partial charge on any atom is 0.290 e. The molecule has 1 heterocycles. The summed E-state index contributed by atoms with van der Waals surface area (Å²) in [6, 6.07) is 16.1. The van der Waals surface area contributed by atoms with E-state index in [4.69, 9.17) is 4.74 Å². The molecule has 0 aliphatic carbocycles. The third kappa shape index (κ3) is 5.45. The number of carbonyl (C=O) groups is 2. The number of amides is 1. The Balaban J connectivity index is 1.93. The van der Waals surface area contributed by atoms with Crippen molar-refractivity contribution in [2.24, 2.45) is 0 Å². The highest BCUT2D eigenvalue weighted by Crippen LogP contribution is 2.38. The Bertz CT molecular complexity index is 994. The van der Waals surface area contributed by atoms with Crippen LogP contribution in [0.2, 0.25) is 0 Å². The maximum atomic E-state index is 13.1.